The van der Waals surface area contributed by atoms with Crippen molar-refractivity contribution in [3.05, 3.63) is 89.5 Å². The highest BCUT2D eigenvalue weighted by Crippen LogP contribution is 2.34. The molecule has 1 heteroatoms. The lowest BCUT2D eigenvalue weighted by Gasteiger charge is -2.19. The van der Waals surface area contributed by atoms with Crippen LogP contribution in [0.25, 0.3) is 0 Å². The van der Waals surface area contributed by atoms with E-state index < -0.39 is 0 Å². The Kier molecular flexibility index (Phi) is 6.58. The lowest BCUT2D eigenvalue weighted by atomic mass is 9.87. The van der Waals surface area contributed by atoms with Gasteiger partial charge in [-0.1, -0.05) is 84.9 Å². The van der Waals surface area contributed by atoms with Crippen molar-refractivity contribution in [3.8, 4) is 0 Å². The molecule has 29 heavy (non-hydrogen) atoms. The van der Waals surface area contributed by atoms with Crippen LogP contribution in [0.5, 0.6) is 0 Å². The van der Waals surface area contributed by atoms with Crippen LogP contribution in [-0.2, 0) is 16.3 Å². The molecule has 0 N–H and O–H groups in total. The molecule has 0 unspecified atom stereocenters. The summed E-state index contributed by atoms with van der Waals surface area (Å²) in [4.78, 5) is 4.15. The van der Waals surface area contributed by atoms with Crippen molar-refractivity contribution >= 4 is 10.9 Å². The van der Waals surface area contributed by atoms with E-state index in [9.17, 15) is 0 Å². The van der Waals surface area contributed by atoms with Gasteiger partial charge in [-0.2, -0.15) is 0 Å². The summed E-state index contributed by atoms with van der Waals surface area (Å²) in [6.45, 7) is 15.8. The average Bonchev–Trinajstić information content (AvgIpc) is 2.69. The summed E-state index contributed by atoms with van der Waals surface area (Å²) in [5.74, 6) is 1.12. The van der Waals surface area contributed by atoms with E-state index >= 15 is 0 Å². The third kappa shape index (κ3) is 5.14. The van der Waals surface area contributed by atoms with E-state index in [4.69, 9.17) is 0 Å². The van der Waals surface area contributed by atoms with Crippen LogP contribution in [0.1, 0.15) is 77.0 Å². The van der Waals surface area contributed by atoms with Crippen molar-refractivity contribution in [2.24, 2.45) is 0 Å². The highest BCUT2D eigenvalue weighted by Gasteiger charge is 2.29. The fourth-order valence-electron chi connectivity index (χ4n) is 3.48. The maximum absolute atomic E-state index is 2.33. The molecule has 0 aliphatic carbocycles. The predicted octanol–water partition coefficient (Wildman–Crippen LogP) is 8.33. The van der Waals surface area contributed by atoms with Gasteiger partial charge in [-0.3, -0.25) is 0 Å². The Morgan fingerprint density at radius 2 is 0.828 bits per heavy atom. The Bertz CT molecular complexity index is 857. The minimum Gasteiger partial charge on any atom is -0.0587 e. The smallest absolute Gasteiger partial charge is 0.0587 e. The molecule has 0 spiro atoms. The van der Waals surface area contributed by atoms with Crippen molar-refractivity contribution < 1.29 is 0 Å². The molecule has 0 heterocycles. The maximum Gasteiger partial charge on any atom is 0.166 e. The fourth-order valence-corrected chi connectivity index (χ4v) is 5.52. The van der Waals surface area contributed by atoms with Crippen molar-refractivity contribution in [1.29, 1.82) is 0 Å². The molecule has 0 saturated carbocycles. The van der Waals surface area contributed by atoms with Crippen LogP contribution in [0.3, 0.4) is 0 Å². The predicted molar refractivity (Wildman–Crippen MR) is 128 cm³/mol. The number of hydrogen-bond acceptors (Lipinski definition) is 0. The van der Waals surface area contributed by atoms with Gasteiger partial charge in [-0.05, 0) is 70.3 Å². The molecule has 3 rings (SSSR count). The summed E-state index contributed by atoms with van der Waals surface area (Å²) in [7, 11) is -0.0927. The first kappa shape index (κ1) is 21.7. The Morgan fingerprint density at radius 3 is 1.10 bits per heavy atom. The second kappa shape index (κ2) is 8.79. The normalized spacial score (nSPS) is 12.2. The Hall–Kier alpha value is -1.99. The summed E-state index contributed by atoms with van der Waals surface area (Å²) in [6, 6.07) is 27.8. The Morgan fingerprint density at radius 1 is 0.517 bits per heavy atom. The van der Waals surface area contributed by atoms with Crippen LogP contribution in [0, 0.1) is 0 Å². The van der Waals surface area contributed by atoms with Crippen LogP contribution >= 0.6 is 0 Å². The van der Waals surface area contributed by atoms with Gasteiger partial charge < -0.3 is 0 Å². The van der Waals surface area contributed by atoms with Gasteiger partial charge in [-0.25, -0.2) is 0 Å². The number of benzene rings is 3. The Labute approximate surface area is 180 Å². The summed E-state index contributed by atoms with van der Waals surface area (Å²) < 4.78 is 0. The van der Waals surface area contributed by atoms with Gasteiger partial charge in [0.15, 0.2) is 14.7 Å². The number of hydrogen-bond donors (Lipinski definition) is 0. The van der Waals surface area contributed by atoms with Gasteiger partial charge in [-0.15, -0.1) is 0 Å². The lowest BCUT2D eigenvalue weighted by molar-refractivity contribution is 0.589. The molecular weight excluding hydrogens is 368 g/mol. The quantitative estimate of drug-likeness (QED) is 0.376. The van der Waals surface area contributed by atoms with Gasteiger partial charge in [0.1, 0.15) is 0 Å². The molecule has 0 bridgehead atoms. The van der Waals surface area contributed by atoms with Gasteiger partial charge >= 0.3 is 0 Å². The third-order valence-electron chi connectivity index (χ3n) is 5.52. The van der Waals surface area contributed by atoms with Gasteiger partial charge in [0.25, 0.3) is 0 Å². The van der Waals surface area contributed by atoms with Crippen molar-refractivity contribution in [2.45, 2.75) is 80.4 Å². The highest BCUT2D eigenvalue weighted by molar-refractivity contribution is 7.97. The van der Waals surface area contributed by atoms with E-state index in [0.717, 1.165) is 0 Å². The molecule has 3 aromatic rings. The topological polar surface area (TPSA) is 0 Å². The summed E-state index contributed by atoms with van der Waals surface area (Å²) in [5, 5.41) is 0. The first-order valence-corrected chi connectivity index (χ1v) is 11.9. The van der Waals surface area contributed by atoms with E-state index in [1.807, 2.05) is 0 Å². The van der Waals surface area contributed by atoms with Crippen LogP contribution in [0.15, 0.2) is 87.5 Å². The molecular formula is C28H35S+. The van der Waals surface area contributed by atoms with E-state index in [0.29, 0.717) is 11.8 Å². The average molecular weight is 404 g/mol. The molecule has 0 aromatic heterocycles. The van der Waals surface area contributed by atoms with Gasteiger partial charge in [0.05, 0.1) is 10.9 Å². The molecule has 152 valence electrons. The van der Waals surface area contributed by atoms with Crippen LogP contribution in [-0.4, -0.2) is 0 Å². The third-order valence-corrected chi connectivity index (χ3v) is 7.75. The van der Waals surface area contributed by atoms with E-state index in [2.05, 4.69) is 121 Å². The van der Waals surface area contributed by atoms with Crippen LogP contribution in [0.4, 0.5) is 0 Å². The Balaban J connectivity index is 2.06. The van der Waals surface area contributed by atoms with Crippen LogP contribution in [0.2, 0.25) is 0 Å². The zero-order chi connectivity index (χ0) is 21.2. The maximum atomic E-state index is 2.33. The SMILES string of the molecule is CC(C)c1ccc([S+](c2ccc(C(C)C)cc2)c2ccc(C(C)(C)C)cc2)cc1. The molecule has 0 aliphatic rings. The van der Waals surface area contributed by atoms with Crippen molar-refractivity contribution in [3.63, 3.8) is 0 Å². The minimum absolute atomic E-state index is 0.0927. The first-order chi connectivity index (χ1) is 13.7. The largest absolute Gasteiger partial charge is 0.166 e. The van der Waals surface area contributed by atoms with Crippen molar-refractivity contribution in [2.75, 3.05) is 0 Å². The summed E-state index contributed by atoms with van der Waals surface area (Å²) in [6.07, 6.45) is 0. The standard InChI is InChI=1S/C28H35S/c1-20(2)22-8-14-25(15-9-22)29(26-16-10-23(11-17-26)21(3)4)27-18-12-24(13-19-27)28(5,6)7/h8-21H,1-7H3/q+1. The molecule has 0 aliphatic heterocycles. The zero-order valence-corrected chi connectivity index (χ0v) is 19.8. The number of rotatable bonds is 5. The molecule has 0 nitrogen and oxygen atoms in total. The zero-order valence-electron chi connectivity index (χ0n) is 19.0. The molecule has 0 saturated heterocycles. The highest BCUT2D eigenvalue weighted by atomic mass is 32.2. The first-order valence-electron chi connectivity index (χ1n) is 10.7. The lowest BCUT2D eigenvalue weighted by Crippen LogP contribution is -2.11. The van der Waals surface area contributed by atoms with E-state index in [1.165, 1.54) is 31.4 Å². The molecule has 0 radical (unpaired) electrons. The molecule has 0 atom stereocenters. The molecule has 0 fully saturated rings. The summed E-state index contributed by atoms with van der Waals surface area (Å²) in [5.41, 5.74) is 4.36. The van der Waals surface area contributed by atoms with Crippen molar-refractivity contribution in [1.82, 2.24) is 0 Å². The minimum atomic E-state index is -0.0927. The van der Waals surface area contributed by atoms with Gasteiger partial charge in [0.2, 0.25) is 0 Å². The van der Waals surface area contributed by atoms with E-state index in [-0.39, 0.29) is 16.3 Å². The van der Waals surface area contributed by atoms with Gasteiger partial charge in [0, 0.05) is 0 Å². The fraction of sp³-hybridized carbons (Fsp3) is 0.357. The monoisotopic (exact) mass is 403 g/mol. The molecule has 0 amide bonds. The molecule has 3 aromatic carbocycles. The summed E-state index contributed by atoms with van der Waals surface area (Å²) >= 11 is 0. The van der Waals surface area contributed by atoms with E-state index in [1.54, 1.807) is 0 Å². The second-order valence-electron chi connectivity index (χ2n) is 9.53. The second-order valence-corrected chi connectivity index (χ2v) is 11.6. The van der Waals surface area contributed by atoms with Crippen LogP contribution < -0.4 is 0 Å².